The highest BCUT2D eigenvalue weighted by Gasteiger charge is 2.31. The van der Waals surface area contributed by atoms with Crippen molar-refractivity contribution in [3.63, 3.8) is 0 Å². The van der Waals surface area contributed by atoms with E-state index in [9.17, 15) is 0 Å². The van der Waals surface area contributed by atoms with Gasteiger partial charge in [0.2, 0.25) is 0 Å². The van der Waals surface area contributed by atoms with Crippen LogP contribution in [0.2, 0.25) is 0 Å². The standard InChI is InChI=1S/C22H27N3/c23-14-19(20-15-24-21-11-5-4-10-18(20)21)22-12-6-7-13-25(22)16-17-8-2-1-3-9-17/h1-5,8-11,15,19,22,24H,6-7,12-14,16,23H2. The van der Waals surface area contributed by atoms with Crippen LogP contribution >= 0.6 is 0 Å². The van der Waals surface area contributed by atoms with Crippen molar-refractivity contribution in [1.29, 1.82) is 0 Å². The third-order valence-corrected chi connectivity index (χ3v) is 5.63. The van der Waals surface area contributed by atoms with Crippen LogP contribution in [0.15, 0.2) is 60.8 Å². The average Bonchev–Trinajstić information content (AvgIpc) is 3.09. The maximum atomic E-state index is 6.30. The summed E-state index contributed by atoms with van der Waals surface area (Å²) in [6.45, 7) is 2.88. The second kappa shape index (κ2) is 7.42. The van der Waals surface area contributed by atoms with Gasteiger partial charge in [0.05, 0.1) is 0 Å². The zero-order valence-electron chi connectivity index (χ0n) is 14.7. The molecule has 0 spiro atoms. The van der Waals surface area contributed by atoms with E-state index in [1.807, 2.05) is 0 Å². The molecule has 1 saturated heterocycles. The Morgan fingerprint density at radius 2 is 1.84 bits per heavy atom. The van der Waals surface area contributed by atoms with E-state index < -0.39 is 0 Å². The first-order valence-corrected chi connectivity index (χ1v) is 9.41. The van der Waals surface area contributed by atoms with Gasteiger partial charge in [0.15, 0.2) is 0 Å². The molecule has 2 heterocycles. The Kier molecular flexibility index (Phi) is 4.86. The molecule has 0 aliphatic carbocycles. The van der Waals surface area contributed by atoms with E-state index in [2.05, 4.69) is 70.7 Å². The molecule has 1 aromatic heterocycles. The monoisotopic (exact) mass is 333 g/mol. The quantitative estimate of drug-likeness (QED) is 0.732. The zero-order chi connectivity index (χ0) is 17.1. The van der Waals surface area contributed by atoms with Crippen molar-refractivity contribution in [3.05, 3.63) is 71.9 Å². The van der Waals surface area contributed by atoms with Crippen LogP contribution in [0.25, 0.3) is 10.9 Å². The van der Waals surface area contributed by atoms with Crippen LogP contribution in [-0.4, -0.2) is 29.0 Å². The van der Waals surface area contributed by atoms with Crippen LogP contribution in [0, 0.1) is 0 Å². The number of fused-ring (bicyclic) bond motifs is 1. The Bertz CT molecular complexity index is 808. The summed E-state index contributed by atoms with van der Waals surface area (Å²) in [6.07, 6.45) is 6.00. The molecule has 3 aromatic rings. The van der Waals surface area contributed by atoms with Crippen LogP contribution in [-0.2, 0) is 6.54 Å². The van der Waals surface area contributed by atoms with Crippen LogP contribution in [0.5, 0.6) is 0 Å². The molecule has 4 rings (SSSR count). The molecule has 25 heavy (non-hydrogen) atoms. The highest BCUT2D eigenvalue weighted by Crippen LogP contribution is 2.34. The zero-order valence-corrected chi connectivity index (χ0v) is 14.7. The van der Waals surface area contributed by atoms with Gasteiger partial charge in [-0.15, -0.1) is 0 Å². The molecule has 1 aliphatic rings. The van der Waals surface area contributed by atoms with Gasteiger partial charge >= 0.3 is 0 Å². The first kappa shape index (κ1) is 16.4. The molecule has 0 radical (unpaired) electrons. The highest BCUT2D eigenvalue weighted by molar-refractivity contribution is 5.83. The molecular formula is C22H27N3. The SMILES string of the molecule is NCC(c1c[nH]c2ccccc12)C1CCCCN1Cc1ccccc1. The number of nitrogens with one attached hydrogen (secondary N) is 1. The molecule has 130 valence electrons. The lowest BCUT2D eigenvalue weighted by molar-refractivity contribution is 0.119. The molecular weight excluding hydrogens is 306 g/mol. The summed E-state index contributed by atoms with van der Waals surface area (Å²) >= 11 is 0. The summed E-state index contributed by atoms with van der Waals surface area (Å²) in [4.78, 5) is 6.08. The van der Waals surface area contributed by atoms with Gasteiger partial charge in [0, 0.05) is 42.1 Å². The maximum Gasteiger partial charge on any atom is 0.0456 e. The number of aromatic nitrogens is 1. The number of nitrogens with two attached hydrogens (primary N) is 1. The van der Waals surface area contributed by atoms with Gasteiger partial charge in [-0.05, 0) is 36.6 Å². The molecule has 2 aromatic carbocycles. The van der Waals surface area contributed by atoms with E-state index in [0.29, 0.717) is 18.5 Å². The number of para-hydroxylation sites is 1. The minimum Gasteiger partial charge on any atom is -0.361 e. The van der Waals surface area contributed by atoms with Crippen molar-refractivity contribution in [2.45, 2.75) is 37.8 Å². The van der Waals surface area contributed by atoms with Gasteiger partial charge in [0.1, 0.15) is 0 Å². The largest absolute Gasteiger partial charge is 0.361 e. The number of hydrogen-bond acceptors (Lipinski definition) is 2. The smallest absolute Gasteiger partial charge is 0.0456 e. The predicted molar refractivity (Wildman–Crippen MR) is 105 cm³/mol. The number of aromatic amines is 1. The summed E-state index contributed by atoms with van der Waals surface area (Å²) in [6, 6.07) is 19.9. The van der Waals surface area contributed by atoms with Crippen LogP contribution in [0.1, 0.15) is 36.3 Å². The lowest BCUT2D eigenvalue weighted by Gasteiger charge is -2.40. The van der Waals surface area contributed by atoms with Crippen molar-refractivity contribution in [1.82, 2.24) is 9.88 Å². The number of benzene rings is 2. The fourth-order valence-electron chi connectivity index (χ4n) is 4.38. The van der Waals surface area contributed by atoms with Gasteiger partial charge in [-0.1, -0.05) is 55.0 Å². The lowest BCUT2D eigenvalue weighted by atomic mass is 9.84. The first-order chi connectivity index (χ1) is 12.4. The van der Waals surface area contributed by atoms with Crippen LogP contribution < -0.4 is 5.73 Å². The first-order valence-electron chi connectivity index (χ1n) is 9.41. The Balaban J connectivity index is 1.63. The molecule has 0 saturated carbocycles. The lowest BCUT2D eigenvalue weighted by Crippen LogP contribution is -2.44. The Labute approximate surface area is 149 Å². The van der Waals surface area contributed by atoms with E-state index in [0.717, 1.165) is 6.54 Å². The van der Waals surface area contributed by atoms with E-state index in [-0.39, 0.29) is 0 Å². The molecule has 3 N–H and O–H groups in total. The third kappa shape index (κ3) is 3.35. The minimum absolute atomic E-state index is 0.375. The Hall–Kier alpha value is -2.10. The van der Waals surface area contributed by atoms with E-state index in [1.165, 1.54) is 47.8 Å². The number of nitrogens with zero attached hydrogens (tertiary/aromatic N) is 1. The van der Waals surface area contributed by atoms with Gasteiger partial charge in [-0.3, -0.25) is 4.90 Å². The van der Waals surface area contributed by atoms with E-state index in [1.54, 1.807) is 0 Å². The number of likely N-dealkylation sites (tertiary alicyclic amines) is 1. The second-order valence-electron chi connectivity index (χ2n) is 7.15. The van der Waals surface area contributed by atoms with E-state index in [4.69, 9.17) is 5.73 Å². The van der Waals surface area contributed by atoms with Crippen molar-refractivity contribution in [2.24, 2.45) is 5.73 Å². The van der Waals surface area contributed by atoms with Gasteiger partial charge < -0.3 is 10.7 Å². The molecule has 2 atom stereocenters. The van der Waals surface area contributed by atoms with Crippen molar-refractivity contribution >= 4 is 10.9 Å². The van der Waals surface area contributed by atoms with Gasteiger partial charge in [0.25, 0.3) is 0 Å². The minimum atomic E-state index is 0.375. The van der Waals surface area contributed by atoms with Crippen molar-refractivity contribution < 1.29 is 0 Å². The summed E-state index contributed by atoms with van der Waals surface area (Å²) in [7, 11) is 0. The second-order valence-corrected chi connectivity index (χ2v) is 7.15. The molecule has 1 aliphatic heterocycles. The number of hydrogen-bond donors (Lipinski definition) is 2. The average molecular weight is 333 g/mol. The molecule has 3 heteroatoms. The fourth-order valence-corrected chi connectivity index (χ4v) is 4.38. The van der Waals surface area contributed by atoms with Gasteiger partial charge in [-0.25, -0.2) is 0 Å². The Morgan fingerprint density at radius 3 is 2.68 bits per heavy atom. The molecule has 0 amide bonds. The Morgan fingerprint density at radius 1 is 1.04 bits per heavy atom. The molecule has 0 bridgehead atoms. The maximum absolute atomic E-state index is 6.30. The number of H-pyrrole nitrogens is 1. The number of rotatable bonds is 5. The summed E-state index contributed by atoms with van der Waals surface area (Å²) in [5, 5.41) is 1.32. The van der Waals surface area contributed by atoms with Crippen LogP contribution in [0.3, 0.4) is 0 Å². The highest BCUT2D eigenvalue weighted by atomic mass is 15.2. The third-order valence-electron chi connectivity index (χ3n) is 5.63. The van der Waals surface area contributed by atoms with E-state index >= 15 is 0 Å². The van der Waals surface area contributed by atoms with Crippen molar-refractivity contribution in [3.8, 4) is 0 Å². The van der Waals surface area contributed by atoms with Crippen molar-refractivity contribution in [2.75, 3.05) is 13.1 Å². The molecule has 2 unspecified atom stereocenters. The topological polar surface area (TPSA) is 45.1 Å². The number of piperidine rings is 1. The fraction of sp³-hybridized carbons (Fsp3) is 0.364. The summed E-state index contributed by atoms with van der Waals surface area (Å²) in [5.74, 6) is 0.375. The normalized spacial score (nSPS) is 20.0. The van der Waals surface area contributed by atoms with Crippen LogP contribution in [0.4, 0.5) is 0 Å². The molecule has 3 nitrogen and oxygen atoms in total. The molecule has 1 fully saturated rings. The van der Waals surface area contributed by atoms with Gasteiger partial charge in [-0.2, -0.15) is 0 Å². The predicted octanol–water partition coefficient (Wildman–Crippen LogP) is 4.26. The summed E-state index contributed by atoms with van der Waals surface area (Å²) in [5.41, 5.74) is 10.3. The summed E-state index contributed by atoms with van der Waals surface area (Å²) < 4.78 is 0.